The summed E-state index contributed by atoms with van der Waals surface area (Å²) in [6, 6.07) is 8.21. The highest BCUT2D eigenvalue weighted by molar-refractivity contribution is 5.32. The van der Waals surface area contributed by atoms with Crippen LogP contribution in [0.1, 0.15) is 51.5 Å². The minimum Gasteiger partial charge on any atom is -0.496 e. The number of ether oxygens (including phenoxy) is 1. The second kappa shape index (κ2) is 9.85. The molecule has 0 unspecified atom stereocenters. The maximum Gasteiger partial charge on any atom is 0.123 e. The monoisotopic (exact) mass is 263 g/mol. The van der Waals surface area contributed by atoms with Crippen molar-refractivity contribution in [1.29, 1.82) is 0 Å². The SMILES string of the molecule is COc1ccccc1CNCCCCCCC(C)C. The first-order valence-electron chi connectivity index (χ1n) is 7.56. The fourth-order valence-corrected chi connectivity index (χ4v) is 2.23. The lowest BCUT2D eigenvalue weighted by molar-refractivity contribution is 0.407. The average Bonchev–Trinajstić information content (AvgIpc) is 2.42. The quantitative estimate of drug-likeness (QED) is 0.632. The maximum absolute atomic E-state index is 5.34. The van der Waals surface area contributed by atoms with Gasteiger partial charge in [-0.3, -0.25) is 0 Å². The molecule has 1 N–H and O–H groups in total. The Hall–Kier alpha value is -1.02. The molecular weight excluding hydrogens is 234 g/mol. The van der Waals surface area contributed by atoms with E-state index in [2.05, 4.69) is 31.3 Å². The molecule has 0 aromatic heterocycles. The van der Waals surface area contributed by atoms with Crippen molar-refractivity contribution in [1.82, 2.24) is 5.32 Å². The van der Waals surface area contributed by atoms with Crippen molar-refractivity contribution in [3.8, 4) is 5.75 Å². The van der Waals surface area contributed by atoms with Crippen molar-refractivity contribution in [3.63, 3.8) is 0 Å². The number of rotatable bonds is 10. The number of benzene rings is 1. The minimum atomic E-state index is 0.851. The Balaban J connectivity index is 2.04. The van der Waals surface area contributed by atoms with Gasteiger partial charge in [0.05, 0.1) is 7.11 Å². The molecule has 0 aliphatic carbocycles. The van der Waals surface area contributed by atoms with Crippen molar-refractivity contribution in [2.75, 3.05) is 13.7 Å². The molecule has 108 valence electrons. The van der Waals surface area contributed by atoms with Crippen LogP contribution in [0.5, 0.6) is 5.75 Å². The third-order valence-electron chi connectivity index (χ3n) is 3.39. The van der Waals surface area contributed by atoms with Crippen molar-refractivity contribution in [3.05, 3.63) is 29.8 Å². The summed E-state index contributed by atoms with van der Waals surface area (Å²) >= 11 is 0. The zero-order chi connectivity index (χ0) is 13.9. The molecule has 0 heterocycles. The lowest BCUT2D eigenvalue weighted by atomic mass is 10.0. The predicted octanol–water partition coefficient (Wildman–Crippen LogP) is 4.39. The van der Waals surface area contributed by atoms with Gasteiger partial charge >= 0.3 is 0 Å². The highest BCUT2D eigenvalue weighted by Crippen LogP contribution is 2.16. The van der Waals surface area contributed by atoms with Crippen molar-refractivity contribution < 1.29 is 4.74 Å². The van der Waals surface area contributed by atoms with Crippen LogP contribution in [-0.2, 0) is 6.54 Å². The summed E-state index contributed by atoms with van der Waals surface area (Å²) < 4.78 is 5.34. The molecule has 0 atom stereocenters. The van der Waals surface area contributed by atoms with E-state index in [-0.39, 0.29) is 0 Å². The lowest BCUT2D eigenvalue weighted by Crippen LogP contribution is -2.15. The van der Waals surface area contributed by atoms with Gasteiger partial charge in [-0.25, -0.2) is 0 Å². The first-order chi connectivity index (χ1) is 9.24. The van der Waals surface area contributed by atoms with Gasteiger partial charge in [-0.15, -0.1) is 0 Å². The summed E-state index contributed by atoms with van der Waals surface area (Å²) in [7, 11) is 1.73. The molecule has 0 saturated carbocycles. The molecule has 0 spiro atoms. The fraction of sp³-hybridized carbons (Fsp3) is 0.647. The van der Waals surface area contributed by atoms with Crippen LogP contribution in [0.15, 0.2) is 24.3 Å². The number of hydrogen-bond donors (Lipinski definition) is 1. The summed E-state index contributed by atoms with van der Waals surface area (Å²) in [4.78, 5) is 0. The van der Waals surface area contributed by atoms with Crippen molar-refractivity contribution in [2.24, 2.45) is 5.92 Å². The summed E-state index contributed by atoms with van der Waals surface area (Å²) in [5.74, 6) is 1.83. The average molecular weight is 263 g/mol. The molecule has 19 heavy (non-hydrogen) atoms. The van der Waals surface area contributed by atoms with Crippen LogP contribution in [-0.4, -0.2) is 13.7 Å². The summed E-state index contributed by atoms with van der Waals surface area (Å²) in [5.41, 5.74) is 1.24. The van der Waals surface area contributed by atoms with E-state index in [0.29, 0.717) is 0 Å². The highest BCUT2D eigenvalue weighted by Gasteiger charge is 2.00. The molecule has 0 bridgehead atoms. The second-order valence-corrected chi connectivity index (χ2v) is 5.59. The van der Waals surface area contributed by atoms with E-state index in [9.17, 15) is 0 Å². The van der Waals surface area contributed by atoms with E-state index >= 15 is 0 Å². The highest BCUT2D eigenvalue weighted by atomic mass is 16.5. The summed E-state index contributed by atoms with van der Waals surface area (Å²) in [5, 5.41) is 3.50. The van der Waals surface area contributed by atoms with Gasteiger partial charge in [0, 0.05) is 12.1 Å². The van der Waals surface area contributed by atoms with Crippen LogP contribution in [0.4, 0.5) is 0 Å². The number of hydrogen-bond acceptors (Lipinski definition) is 2. The minimum absolute atomic E-state index is 0.851. The van der Waals surface area contributed by atoms with Crippen molar-refractivity contribution in [2.45, 2.75) is 52.5 Å². The van der Waals surface area contributed by atoms with Crippen LogP contribution >= 0.6 is 0 Å². The Morgan fingerprint density at radius 2 is 1.79 bits per heavy atom. The standard InChI is InChI=1S/C17H29NO/c1-15(2)10-6-4-5-9-13-18-14-16-11-7-8-12-17(16)19-3/h7-8,11-12,15,18H,4-6,9-10,13-14H2,1-3H3. The van der Waals surface area contributed by atoms with Crippen LogP contribution in [0.3, 0.4) is 0 Å². The van der Waals surface area contributed by atoms with Gasteiger partial charge in [-0.1, -0.05) is 57.7 Å². The van der Waals surface area contributed by atoms with Crippen LogP contribution < -0.4 is 10.1 Å². The Morgan fingerprint density at radius 1 is 1.05 bits per heavy atom. The van der Waals surface area contributed by atoms with Gasteiger partial charge in [0.25, 0.3) is 0 Å². The molecule has 0 aliphatic heterocycles. The van der Waals surface area contributed by atoms with E-state index < -0.39 is 0 Å². The number of methoxy groups -OCH3 is 1. The Labute approximate surface area is 118 Å². The topological polar surface area (TPSA) is 21.3 Å². The zero-order valence-corrected chi connectivity index (χ0v) is 12.7. The smallest absolute Gasteiger partial charge is 0.123 e. The van der Waals surface area contributed by atoms with E-state index in [1.807, 2.05) is 12.1 Å². The van der Waals surface area contributed by atoms with Gasteiger partial charge < -0.3 is 10.1 Å². The molecule has 1 aromatic carbocycles. The largest absolute Gasteiger partial charge is 0.496 e. The number of para-hydroxylation sites is 1. The molecule has 0 radical (unpaired) electrons. The molecule has 1 rings (SSSR count). The summed E-state index contributed by atoms with van der Waals surface area (Å²) in [6.07, 6.45) is 6.73. The van der Waals surface area contributed by atoms with Gasteiger partial charge in [0.15, 0.2) is 0 Å². The Morgan fingerprint density at radius 3 is 2.53 bits per heavy atom. The van der Waals surface area contributed by atoms with Crippen LogP contribution in [0.25, 0.3) is 0 Å². The lowest BCUT2D eigenvalue weighted by Gasteiger charge is -2.09. The fourth-order valence-electron chi connectivity index (χ4n) is 2.23. The first kappa shape index (κ1) is 16.0. The maximum atomic E-state index is 5.34. The Kier molecular flexibility index (Phi) is 8.31. The molecule has 1 aromatic rings. The van der Waals surface area contributed by atoms with E-state index in [1.165, 1.54) is 37.7 Å². The van der Waals surface area contributed by atoms with E-state index in [0.717, 1.165) is 24.8 Å². The second-order valence-electron chi connectivity index (χ2n) is 5.59. The van der Waals surface area contributed by atoms with Gasteiger partial charge in [-0.2, -0.15) is 0 Å². The van der Waals surface area contributed by atoms with E-state index in [1.54, 1.807) is 7.11 Å². The number of unbranched alkanes of at least 4 members (excludes halogenated alkanes) is 3. The molecule has 0 amide bonds. The van der Waals surface area contributed by atoms with Crippen LogP contribution in [0, 0.1) is 5.92 Å². The molecule has 2 nitrogen and oxygen atoms in total. The van der Waals surface area contributed by atoms with Gasteiger partial charge in [0.1, 0.15) is 5.75 Å². The van der Waals surface area contributed by atoms with Gasteiger partial charge in [-0.05, 0) is 24.9 Å². The third-order valence-corrected chi connectivity index (χ3v) is 3.39. The summed E-state index contributed by atoms with van der Waals surface area (Å²) in [6.45, 7) is 6.60. The van der Waals surface area contributed by atoms with Crippen LogP contribution in [0.2, 0.25) is 0 Å². The first-order valence-corrected chi connectivity index (χ1v) is 7.56. The third kappa shape index (κ3) is 7.22. The predicted molar refractivity (Wildman–Crippen MR) is 82.6 cm³/mol. The molecule has 2 heteroatoms. The number of nitrogens with one attached hydrogen (secondary N) is 1. The zero-order valence-electron chi connectivity index (χ0n) is 12.7. The normalized spacial score (nSPS) is 10.9. The molecule has 0 fully saturated rings. The van der Waals surface area contributed by atoms with Crippen molar-refractivity contribution >= 4 is 0 Å². The Bertz CT molecular complexity index is 336. The van der Waals surface area contributed by atoms with Gasteiger partial charge in [0.2, 0.25) is 0 Å². The molecule has 0 aliphatic rings. The van der Waals surface area contributed by atoms with E-state index in [4.69, 9.17) is 4.74 Å². The molecule has 0 saturated heterocycles. The molecular formula is C17H29NO.